The largest absolute Gasteiger partial charge is 0.507 e. The lowest BCUT2D eigenvalue weighted by Crippen LogP contribution is -2.38. The molecule has 0 saturated heterocycles. The van der Waals surface area contributed by atoms with Crippen LogP contribution in [0.1, 0.15) is 11.3 Å². The van der Waals surface area contributed by atoms with Crippen molar-refractivity contribution in [3.63, 3.8) is 0 Å². The van der Waals surface area contributed by atoms with Crippen molar-refractivity contribution in [3.8, 4) is 22.7 Å². The van der Waals surface area contributed by atoms with Gasteiger partial charge >= 0.3 is 5.69 Å². The van der Waals surface area contributed by atoms with Crippen molar-refractivity contribution in [1.29, 1.82) is 0 Å². The molecule has 7 heteroatoms. The fourth-order valence-electron chi connectivity index (χ4n) is 3.07. The quantitative estimate of drug-likeness (QED) is 0.580. The normalized spacial score (nSPS) is 11.2. The smallest absolute Gasteiger partial charge is 0.335 e. The molecule has 6 nitrogen and oxygen atoms in total. The first-order valence-corrected chi connectivity index (χ1v) is 9.13. The molecule has 136 valence electrons. The topological polar surface area (TPSA) is 77.1 Å². The third kappa shape index (κ3) is 2.76. The van der Waals surface area contributed by atoms with Crippen LogP contribution < -0.4 is 11.2 Å². The van der Waals surface area contributed by atoms with E-state index >= 15 is 0 Å². The first-order valence-electron chi connectivity index (χ1n) is 8.36. The van der Waals surface area contributed by atoms with Crippen LogP contribution in [0, 0.1) is 13.8 Å². The zero-order chi connectivity index (χ0) is 19.3. The van der Waals surface area contributed by atoms with Gasteiger partial charge in [-0.25, -0.2) is 9.36 Å². The molecule has 0 unspecified atom stereocenters. The van der Waals surface area contributed by atoms with Gasteiger partial charge in [0.25, 0.3) is 5.56 Å². The van der Waals surface area contributed by atoms with Crippen molar-refractivity contribution in [1.82, 2.24) is 13.5 Å². The Hall–Kier alpha value is -3.19. The number of hydrogen-bond acceptors (Lipinski definition) is 5. The number of phenols is 1. The fourth-order valence-corrected chi connectivity index (χ4v) is 3.84. The summed E-state index contributed by atoms with van der Waals surface area (Å²) in [5, 5.41) is 11.0. The molecule has 0 aliphatic carbocycles. The van der Waals surface area contributed by atoms with E-state index in [4.69, 9.17) is 0 Å². The molecule has 27 heavy (non-hydrogen) atoms. The molecule has 0 amide bonds. The summed E-state index contributed by atoms with van der Waals surface area (Å²) in [6.07, 6.45) is 0. The van der Waals surface area contributed by atoms with Gasteiger partial charge in [0, 0.05) is 29.8 Å². The Kier molecular flexibility index (Phi) is 3.96. The van der Waals surface area contributed by atoms with Crippen LogP contribution in [-0.4, -0.2) is 18.6 Å². The Bertz CT molecular complexity index is 1310. The second-order valence-corrected chi connectivity index (χ2v) is 7.34. The van der Waals surface area contributed by atoms with E-state index in [0.29, 0.717) is 22.6 Å². The van der Waals surface area contributed by atoms with Crippen LogP contribution in [0.25, 0.3) is 27.0 Å². The first-order chi connectivity index (χ1) is 12.9. The third-order valence-corrected chi connectivity index (χ3v) is 5.51. The molecule has 4 rings (SSSR count). The Morgan fingerprint density at radius 2 is 1.81 bits per heavy atom. The summed E-state index contributed by atoms with van der Waals surface area (Å²) in [4.78, 5) is 25.0. The second-order valence-electron chi connectivity index (χ2n) is 6.53. The van der Waals surface area contributed by atoms with Crippen LogP contribution in [0.4, 0.5) is 0 Å². The number of rotatable bonds is 2. The van der Waals surface area contributed by atoms with E-state index in [2.05, 4.69) is 4.37 Å². The van der Waals surface area contributed by atoms with Crippen molar-refractivity contribution in [2.75, 3.05) is 0 Å². The van der Waals surface area contributed by atoms with Crippen molar-refractivity contribution < 1.29 is 5.11 Å². The summed E-state index contributed by atoms with van der Waals surface area (Å²) >= 11 is 1.31. The number of aromatic nitrogens is 3. The Labute approximate surface area is 158 Å². The second kappa shape index (κ2) is 6.21. The van der Waals surface area contributed by atoms with Crippen molar-refractivity contribution in [3.05, 3.63) is 74.6 Å². The molecule has 2 aromatic carbocycles. The minimum Gasteiger partial charge on any atom is -0.507 e. The molecule has 1 N–H and O–H groups in total. The van der Waals surface area contributed by atoms with Crippen molar-refractivity contribution in [2.24, 2.45) is 7.05 Å². The van der Waals surface area contributed by atoms with Gasteiger partial charge in [-0.1, -0.05) is 11.6 Å². The van der Waals surface area contributed by atoms with Gasteiger partial charge in [0.15, 0.2) is 0 Å². The molecule has 0 fully saturated rings. The average molecular weight is 379 g/mol. The van der Waals surface area contributed by atoms with E-state index in [0.717, 1.165) is 20.2 Å². The minimum absolute atomic E-state index is 0.140. The van der Waals surface area contributed by atoms with Gasteiger partial charge in [-0.05, 0) is 55.7 Å². The van der Waals surface area contributed by atoms with Crippen LogP contribution in [0.3, 0.4) is 0 Å². The average Bonchev–Trinajstić information content (AvgIpc) is 3.05. The van der Waals surface area contributed by atoms with Gasteiger partial charge in [0.05, 0.1) is 16.1 Å². The number of fused-ring (bicyclic) bond motifs is 1. The zero-order valence-corrected chi connectivity index (χ0v) is 15.9. The van der Waals surface area contributed by atoms with E-state index in [-0.39, 0.29) is 11.3 Å². The number of nitrogens with zero attached hydrogens (tertiary/aromatic N) is 3. The highest BCUT2D eigenvalue weighted by molar-refractivity contribution is 7.13. The summed E-state index contributed by atoms with van der Waals surface area (Å²) in [6.45, 7) is 3.66. The number of aryl methyl sites for hydroxylation is 2. The maximum Gasteiger partial charge on any atom is 0.335 e. The van der Waals surface area contributed by atoms with Crippen molar-refractivity contribution >= 4 is 21.6 Å². The first kappa shape index (κ1) is 17.2. The molecule has 0 saturated carbocycles. The zero-order valence-electron chi connectivity index (χ0n) is 15.1. The van der Waals surface area contributed by atoms with E-state index < -0.39 is 5.69 Å². The molecule has 0 bridgehead atoms. The van der Waals surface area contributed by atoms with Gasteiger partial charge in [-0.15, -0.1) is 0 Å². The maximum atomic E-state index is 12.6. The lowest BCUT2D eigenvalue weighted by Gasteiger charge is -2.10. The fraction of sp³-hybridized carbons (Fsp3) is 0.150. The van der Waals surface area contributed by atoms with Crippen LogP contribution in [0.2, 0.25) is 0 Å². The minimum atomic E-state index is -0.400. The Morgan fingerprint density at radius 1 is 1.04 bits per heavy atom. The number of benzene rings is 2. The van der Waals surface area contributed by atoms with Crippen LogP contribution in [0.15, 0.2) is 52.1 Å². The highest BCUT2D eigenvalue weighted by Crippen LogP contribution is 2.36. The number of hydrogen-bond donors (Lipinski definition) is 1. The standard InChI is InChI=1S/C20H17N3O3S/c1-11-4-6-16(24)14(8-11)19-15-10-13(5-7-17(15)27-21-19)23-18(25)9-12(2)22(3)20(23)26/h4-10,24H,1-3H3. The Morgan fingerprint density at radius 3 is 2.59 bits per heavy atom. The Balaban J connectivity index is 2.00. The molecule has 2 heterocycles. The molecule has 4 aromatic rings. The summed E-state index contributed by atoms with van der Waals surface area (Å²) in [5.74, 6) is 0.140. The van der Waals surface area contributed by atoms with Gasteiger partial charge < -0.3 is 9.67 Å². The van der Waals surface area contributed by atoms with E-state index in [1.54, 1.807) is 32.2 Å². The molecule has 2 aromatic heterocycles. The van der Waals surface area contributed by atoms with Gasteiger partial charge in [0.2, 0.25) is 0 Å². The third-order valence-electron chi connectivity index (χ3n) is 4.68. The molecular weight excluding hydrogens is 362 g/mol. The molecule has 0 aliphatic rings. The molecule has 0 atom stereocenters. The maximum absolute atomic E-state index is 12.6. The summed E-state index contributed by atoms with van der Waals surface area (Å²) in [7, 11) is 1.63. The van der Waals surface area contributed by atoms with E-state index in [1.807, 2.05) is 25.1 Å². The highest BCUT2D eigenvalue weighted by atomic mass is 32.1. The van der Waals surface area contributed by atoms with Crippen molar-refractivity contribution in [2.45, 2.75) is 13.8 Å². The molecular formula is C20H17N3O3S. The summed E-state index contributed by atoms with van der Waals surface area (Å²) in [5.41, 5.74) is 2.56. The highest BCUT2D eigenvalue weighted by Gasteiger charge is 2.15. The van der Waals surface area contributed by atoms with Gasteiger partial charge in [0.1, 0.15) is 5.75 Å². The summed E-state index contributed by atoms with van der Waals surface area (Å²) < 4.78 is 7.98. The van der Waals surface area contributed by atoms with E-state index in [9.17, 15) is 14.7 Å². The van der Waals surface area contributed by atoms with Crippen LogP contribution in [0.5, 0.6) is 5.75 Å². The van der Waals surface area contributed by atoms with Gasteiger partial charge in [-0.2, -0.15) is 4.37 Å². The number of phenolic OH excluding ortho intramolecular Hbond substituents is 1. The molecule has 0 spiro atoms. The van der Waals surface area contributed by atoms with Gasteiger partial charge in [-0.3, -0.25) is 4.79 Å². The monoisotopic (exact) mass is 379 g/mol. The lowest BCUT2D eigenvalue weighted by atomic mass is 10.0. The van der Waals surface area contributed by atoms with E-state index in [1.165, 1.54) is 22.2 Å². The summed E-state index contributed by atoms with van der Waals surface area (Å²) in [6, 6.07) is 12.1. The molecule has 0 aliphatic heterocycles. The predicted molar refractivity (Wildman–Crippen MR) is 107 cm³/mol. The van der Waals surface area contributed by atoms with Crippen LogP contribution >= 0.6 is 11.5 Å². The number of aromatic hydroxyl groups is 1. The SMILES string of the molecule is Cc1ccc(O)c(-c2nsc3ccc(-n4c(=O)cc(C)n(C)c4=O)cc23)c1. The predicted octanol–water partition coefficient (Wildman–Crippen LogP) is 3.14. The molecule has 0 radical (unpaired) electrons. The van der Waals surface area contributed by atoms with Crippen LogP contribution in [-0.2, 0) is 7.05 Å². The lowest BCUT2D eigenvalue weighted by molar-refractivity contribution is 0.477.